The maximum absolute atomic E-state index is 13.1. The van der Waals surface area contributed by atoms with E-state index >= 15 is 0 Å². The zero-order valence-electron chi connectivity index (χ0n) is 18.9. The molecule has 0 radical (unpaired) electrons. The van der Waals surface area contributed by atoms with Crippen molar-refractivity contribution >= 4 is 44.3 Å². The normalized spacial score (nSPS) is 12.1. The van der Waals surface area contributed by atoms with E-state index in [1.807, 2.05) is 12.1 Å². The Labute approximate surface area is 205 Å². The molecule has 4 aromatic rings. The molecule has 1 heterocycles. The monoisotopic (exact) mass is 511 g/mol. The highest BCUT2D eigenvalue weighted by Crippen LogP contribution is 2.32. The van der Waals surface area contributed by atoms with E-state index in [0.29, 0.717) is 16.8 Å². The van der Waals surface area contributed by atoms with Crippen molar-refractivity contribution in [1.82, 2.24) is 4.98 Å². The molecule has 0 saturated carbocycles. The zero-order valence-corrected chi connectivity index (χ0v) is 19.7. The molecule has 0 atom stereocenters. The van der Waals surface area contributed by atoms with Gasteiger partial charge in [0.15, 0.2) is 0 Å². The number of sulfonamides is 1. The van der Waals surface area contributed by atoms with Crippen LogP contribution >= 0.6 is 0 Å². The minimum atomic E-state index is -4.60. The van der Waals surface area contributed by atoms with Gasteiger partial charge in [-0.15, -0.1) is 0 Å². The highest BCUT2D eigenvalue weighted by Gasteiger charge is 2.31. The van der Waals surface area contributed by atoms with Crippen LogP contribution in [0.3, 0.4) is 0 Å². The van der Waals surface area contributed by atoms with Gasteiger partial charge in [0.2, 0.25) is 5.91 Å². The Kier molecular flexibility index (Phi) is 6.80. The number of benzene rings is 3. The zero-order chi connectivity index (χ0) is 25.9. The van der Waals surface area contributed by atoms with Crippen molar-refractivity contribution in [2.45, 2.75) is 11.1 Å². The van der Waals surface area contributed by atoms with Gasteiger partial charge in [-0.05, 0) is 54.1 Å². The Hall–Kier alpha value is -4.18. The van der Waals surface area contributed by atoms with E-state index in [-0.39, 0.29) is 10.6 Å². The van der Waals surface area contributed by atoms with Crippen LogP contribution in [0.5, 0.6) is 0 Å². The number of nitrogens with zero attached hydrogens (tertiary/aromatic N) is 2. The molecule has 0 bridgehead atoms. The van der Waals surface area contributed by atoms with Crippen LogP contribution in [0.15, 0.2) is 96.0 Å². The molecule has 0 saturated heterocycles. The molecular formula is C26H20F3N3O3S. The quantitative estimate of drug-likeness (QED) is 0.335. The molecule has 0 unspecified atom stereocenters. The van der Waals surface area contributed by atoms with E-state index in [1.54, 1.807) is 30.5 Å². The molecule has 3 aromatic carbocycles. The predicted octanol–water partition coefficient (Wildman–Crippen LogP) is 5.73. The lowest BCUT2D eigenvalue weighted by Crippen LogP contribution is -2.27. The Balaban J connectivity index is 1.54. The molecule has 36 heavy (non-hydrogen) atoms. The topological polar surface area (TPSA) is 79.4 Å². The summed E-state index contributed by atoms with van der Waals surface area (Å²) in [4.78, 5) is 16.6. The summed E-state index contributed by atoms with van der Waals surface area (Å²) in [5.74, 6) is -0.442. The Morgan fingerprint density at radius 3 is 2.47 bits per heavy atom. The Morgan fingerprint density at radius 1 is 0.972 bits per heavy atom. The first-order valence-corrected chi connectivity index (χ1v) is 12.1. The molecule has 1 N–H and O–H groups in total. The van der Waals surface area contributed by atoms with Gasteiger partial charge in [0, 0.05) is 24.7 Å². The number of halogens is 3. The fraction of sp³-hybridized carbons (Fsp3) is 0.0769. The fourth-order valence-corrected chi connectivity index (χ4v) is 4.75. The third kappa shape index (κ3) is 5.38. The maximum atomic E-state index is 13.1. The largest absolute Gasteiger partial charge is 0.416 e. The number of alkyl halides is 3. The summed E-state index contributed by atoms with van der Waals surface area (Å²) < 4.78 is 66.1. The van der Waals surface area contributed by atoms with Crippen LogP contribution in [-0.4, -0.2) is 26.4 Å². The van der Waals surface area contributed by atoms with Crippen LogP contribution in [0.1, 0.15) is 11.1 Å². The lowest BCUT2D eigenvalue weighted by atomic mass is 10.2. The summed E-state index contributed by atoms with van der Waals surface area (Å²) in [6.45, 7) is 0. The SMILES string of the molecule is CN(c1cccc(C(F)(F)F)c1)S(=O)(=O)c1cccc(/C=C/C(=O)Nc2cccc3cccnc23)c1. The molecule has 184 valence electrons. The number of carbonyl (C=O) groups excluding carboxylic acids is 1. The van der Waals surface area contributed by atoms with Crippen LogP contribution in [-0.2, 0) is 21.0 Å². The minimum absolute atomic E-state index is 0.131. The van der Waals surface area contributed by atoms with Crippen LogP contribution in [0.4, 0.5) is 24.5 Å². The number of fused-ring (bicyclic) bond motifs is 1. The molecule has 10 heteroatoms. The van der Waals surface area contributed by atoms with Crippen molar-refractivity contribution in [2.24, 2.45) is 0 Å². The van der Waals surface area contributed by atoms with Gasteiger partial charge in [0.05, 0.1) is 27.4 Å². The van der Waals surface area contributed by atoms with E-state index in [1.165, 1.54) is 43.5 Å². The number of hydrogen-bond acceptors (Lipinski definition) is 4. The second-order valence-electron chi connectivity index (χ2n) is 7.80. The number of rotatable bonds is 6. The van der Waals surface area contributed by atoms with Gasteiger partial charge in [-0.2, -0.15) is 13.2 Å². The number of carbonyl (C=O) groups is 1. The molecule has 1 amide bonds. The molecule has 4 rings (SSSR count). The standard InChI is InChI=1S/C26H20F3N3O3S/c1-32(21-10-4-9-20(17-21)26(27,28)29)36(34,35)22-11-2-6-18(16-22)13-14-24(33)31-23-12-3-7-19-8-5-15-30-25(19)23/h2-17H,1H3,(H,31,33)/b14-13+. The van der Waals surface area contributed by atoms with Crippen LogP contribution in [0.2, 0.25) is 0 Å². The van der Waals surface area contributed by atoms with Gasteiger partial charge in [-0.25, -0.2) is 8.42 Å². The van der Waals surface area contributed by atoms with Crippen molar-refractivity contribution in [3.05, 3.63) is 102 Å². The number of nitrogens with one attached hydrogen (secondary N) is 1. The summed E-state index contributed by atoms with van der Waals surface area (Å²) in [7, 11) is -2.99. The predicted molar refractivity (Wildman–Crippen MR) is 133 cm³/mol. The molecule has 0 aliphatic rings. The number of aromatic nitrogens is 1. The second kappa shape index (κ2) is 9.82. The highest BCUT2D eigenvalue weighted by molar-refractivity contribution is 7.92. The molecule has 0 aliphatic carbocycles. The minimum Gasteiger partial charge on any atom is -0.321 e. The fourth-order valence-electron chi connectivity index (χ4n) is 3.51. The summed E-state index contributed by atoms with van der Waals surface area (Å²) in [6, 6.07) is 18.9. The third-order valence-corrected chi connectivity index (χ3v) is 7.15. The van der Waals surface area contributed by atoms with Crippen molar-refractivity contribution in [1.29, 1.82) is 0 Å². The highest BCUT2D eigenvalue weighted by atomic mass is 32.2. The van der Waals surface area contributed by atoms with E-state index in [0.717, 1.165) is 27.9 Å². The van der Waals surface area contributed by atoms with E-state index in [4.69, 9.17) is 0 Å². The van der Waals surface area contributed by atoms with Gasteiger partial charge in [-0.1, -0.05) is 36.4 Å². The number of pyridine rings is 1. The van der Waals surface area contributed by atoms with Crippen LogP contribution in [0.25, 0.3) is 17.0 Å². The lowest BCUT2D eigenvalue weighted by Gasteiger charge is -2.21. The third-order valence-electron chi connectivity index (χ3n) is 5.37. The van der Waals surface area contributed by atoms with Gasteiger partial charge < -0.3 is 5.32 Å². The first kappa shape index (κ1) is 24.9. The Bertz CT molecular complexity index is 1560. The van der Waals surface area contributed by atoms with E-state index < -0.39 is 27.7 Å². The smallest absolute Gasteiger partial charge is 0.321 e. The summed E-state index contributed by atoms with van der Waals surface area (Å²) in [5, 5.41) is 3.61. The molecule has 6 nitrogen and oxygen atoms in total. The summed E-state index contributed by atoms with van der Waals surface area (Å²) >= 11 is 0. The summed E-state index contributed by atoms with van der Waals surface area (Å²) in [6.07, 6.45) is -0.286. The Morgan fingerprint density at radius 2 is 1.69 bits per heavy atom. The number of hydrogen-bond donors (Lipinski definition) is 1. The van der Waals surface area contributed by atoms with Crippen molar-refractivity contribution in [3.8, 4) is 0 Å². The van der Waals surface area contributed by atoms with E-state index in [9.17, 15) is 26.4 Å². The first-order valence-electron chi connectivity index (χ1n) is 10.6. The number of amides is 1. The average molecular weight is 512 g/mol. The van der Waals surface area contributed by atoms with Crippen LogP contribution in [0, 0.1) is 0 Å². The van der Waals surface area contributed by atoms with Crippen LogP contribution < -0.4 is 9.62 Å². The molecule has 1 aromatic heterocycles. The van der Waals surface area contributed by atoms with Gasteiger partial charge >= 0.3 is 6.18 Å². The summed E-state index contributed by atoms with van der Waals surface area (Å²) in [5.41, 5.74) is 0.494. The molecule has 0 spiro atoms. The molecular weight excluding hydrogens is 491 g/mol. The lowest BCUT2D eigenvalue weighted by molar-refractivity contribution is -0.137. The maximum Gasteiger partial charge on any atom is 0.416 e. The van der Waals surface area contributed by atoms with Crippen molar-refractivity contribution < 1.29 is 26.4 Å². The van der Waals surface area contributed by atoms with E-state index in [2.05, 4.69) is 10.3 Å². The van der Waals surface area contributed by atoms with Gasteiger partial charge in [-0.3, -0.25) is 14.1 Å². The second-order valence-corrected chi connectivity index (χ2v) is 9.77. The van der Waals surface area contributed by atoms with Crippen molar-refractivity contribution in [3.63, 3.8) is 0 Å². The number of para-hydroxylation sites is 1. The first-order chi connectivity index (χ1) is 17.1. The molecule has 0 fully saturated rings. The average Bonchev–Trinajstić information content (AvgIpc) is 2.87. The number of anilines is 2. The molecule has 0 aliphatic heterocycles. The van der Waals surface area contributed by atoms with Gasteiger partial charge in [0.1, 0.15) is 0 Å². The van der Waals surface area contributed by atoms with Gasteiger partial charge in [0.25, 0.3) is 10.0 Å². The van der Waals surface area contributed by atoms with Crippen molar-refractivity contribution in [2.75, 3.05) is 16.7 Å².